The fourth-order valence-corrected chi connectivity index (χ4v) is 4.09. The smallest absolute Gasteiger partial charge is 0.255 e. The lowest BCUT2D eigenvalue weighted by Gasteiger charge is -2.32. The normalized spacial score (nSPS) is 15.9. The van der Waals surface area contributed by atoms with E-state index >= 15 is 0 Å². The number of aromatic nitrogens is 5. The molecule has 1 aliphatic rings. The van der Waals surface area contributed by atoms with Crippen molar-refractivity contribution < 1.29 is 9.53 Å². The van der Waals surface area contributed by atoms with E-state index in [2.05, 4.69) is 20.1 Å². The van der Waals surface area contributed by atoms with Crippen molar-refractivity contribution >= 4 is 5.91 Å². The van der Waals surface area contributed by atoms with E-state index in [1.807, 2.05) is 48.4 Å². The van der Waals surface area contributed by atoms with Crippen LogP contribution in [-0.2, 0) is 0 Å². The van der Waals surface area contributed by atoms with Crippen molar-refractivity contribution in [2.75, 3.05) is 13.1 Å². The Morgan fingerprint density at radius 3 is 2.70 bits per heavy atom. The highest BCUT2D eigenvalue weighted by molar-refractivity contribution is 5.94. The molecule has 1 atom stereocenters. The molecule has 0 N–H and O–H groups in total. The molecule has 1 amide bonds. The van der Waals surface area contributed by atoms with Crippen molar-refractivity contribution in [1.29, 1.82) is 0 Å². The first kappa shape index (κ1) is 20.8. The van der Waals surface area contributed by atoms with E-state index in [1.165, 1.54) is 0 Å². The molecule has 0 spiro atoms. The summed E-state index contributed by atoms with van der Waals surface area (Å²) in [7, 11) is 0. The van der Waals surface area contributed by atoms with Crippen LogP contribution in [0.3, 0.4) is 0 Å². The number of benzene rings is 1. The Morgan fingerprint density at radius 2 is 1.91 bits per heavy atom. The Kier molecular flexibility index (Phi) is 5.80. The number of para-hydroxylation sites is 1. The predicted octanol–water partition coefficient (Wildman–Crippen LogP) is 4.18. The van der Waals surface area contributed by atoms with E-state index < -0.39 is 0 Å². The Morgan fingerprint density at radius 1 is 1.03 bits per heavy atom. The monoisotopic (exact) mass is 440 g/mol. The molecule has 1 aliphatic heterocycles. The van der Waals surface area contributed by atoms with Crippen LogP contribution in [0.5, 0.6) is 11.6 Å². The largest absolute Gasteiger partial charge is 0.437 e. The average molecular weight is 441 g/mol. The predicted molar refractivity (Wildman–Crippen MR) is 123 cm³/mol. The Bertz CT molecular complexity index is 1240. The Hall–Kier alpha value is -4.07. The van der Waals surface area contributed by atoms with Crippen LogP contribution in [0.15, 0.2) is 73.4 Å². The molecule has 8 nitrogen and oxygen atoms in total. The number of carbonyl (C=O) groups excluding carboxylic acids is 1. The van der Waals surface area contributed by atoms with E-state index in [-0.39, 0.29) is 11.8 Å². The van der Waals surface area contributed by atoms with Crippen LogP contribution < -0.4 is 4.74 Å². The van der Waals surface area contributed by atoms with Crippen LogP contribution in [0, 0.1) is 6.92 Å². The van der Waals surface area contributed by atoms with Gasteiger partial charge in [-0.15, -0.1) is 0 Å². The molecule has 5 rings (SSSR count). The van der Waals surface area contributed by atoms with Gasteiger partial charge in [0.2, 0.25) is 5.88 Å². The summed E-state index contributed by atoms with van der Waals surface area (Å²) in [5, 5.41) is 4.17. The lowest BCUT2D eigenvalue weighted by atomic mass is 9.94. The summed E-state index contributed by atoms with van der Waals surface area (Å²) in [6, 6.07) is 13.3. The molecule has 0 radical (unpaired) electrons. The number of ether oxygens (including phenoxy) is 1. The molecule has 4 heterocycles. The van der Waals surface area contributed by atoms with Gasteiger partial charge < -0.3 is 9.64 Å². The van der Waals surface area contributed by atoms with E-state index in [0.29, 0.717) is 30.4 Å². The highest BCUT2D eigenvalue weighted by atomic mass is 16.5. The molecular weight excluding hydrogens is 416 g/mol. The summed E-state index contributed by atoms with van der Waals surface area (Å²) in [5.74, 6) is 1.93. The van der Waals surface area contributed by atoms with Gasteiger partial charge in [-0.25, -0.2) is 14.6 Å². The molecule has 1 fully saturated rings. The molecular formula is C25H24N6O2. The highest BCUT2D eigenvalue weighted by Crippen LogP contribution is 2.33. The number of nitrogens with zero attached hydrogens (tertiary/aromatic N) is 6. The summed E-state index contributed by atoms with van der Waals surface area (Å²) in [5.41, 5.74) is 2.37. The molecule has 0 aliphatic carbocycles. The van der Waals surface area contributed by atoms with Gasteiger partial charge in [-0.2, -0.15) is 5.10 Å². The van der Waals surface area contributed by atoms with Crippen molar-refractivity contribution in [2.45, 2.75) is 25.7 Å². The average Bonchev–Trinajstić information content (AvgIpc) is 3.41. The Labute approximate surface area is 191 Å². The van der Waals surface area contributed by atoms with Gasteiger partial charge >= 0.3 is 0 Å². The molecule has 0 bridgehead atoms. The number of aryl methyl sites for hydroxylation is 1. The first-order valence-electron chi connectivity index (χ1n) is 11.0. The number of hydrogen-bond acceptors (Lipinski definition) is 6. The molecule has 166 valence electrons. The lowest BCUT2D eigenvalue weighted by Crippen LogP contribution is -2.39. The van der Waals surface area contributed by atoms with E-state index in [4.69, 9.17) is 4.74 Å². The van der Waals surface area contributed by atoms with Gasteiger partial charge in [-0.1, -0.05) is 18.2 Å². The van der Waals surface area contributed by atoms with Crippen LogP contribution in [0.4, 0.5) is 0 Å². The van der Waals surface area contributed by atoms with Crippen molar-refractivity contribution in [1.82, 2.24) is 29.6 Å². The summed E-state index contributed by atoms with van der Waals surface area (Å²) >= 11 is 0. The fourth-order valence-electron chi connectivity index (χ4n) is 4.09. The first-order chi connectivity index (χ1) is 16.2. The minimum Gasteiger partial charge on any atom is -0.437 e. The maximum absolute atomic E-state index is 13.2. The summed E-state index contributed by atoms with van der Waals surface area (Å²) in [6.07, 6.45) is 10.2. The number of rotatable bonds is 5. The van der Waals surface area contributed by atoms with Gasteiger partial charge in [0.05, 0.1) is 5.56 Å². The molecule has 4 aromatic rings. The second kappa shape index (κ2) is 9.20. The van der Waals surface area contributed by atoms with Gasteiger partial charge in [-0.05, 0) is 49.6 Å². The number of piperidine rings is 1. The maximum Gasteiger partial charge on any atom is 0.255 e. The zero-order valence-corrected chi connectivity index (χ0v) is 18.3. The van der Waals surface area contributed by atoms with Crippen molar-refractivity contribution in [3.63, 3.8) is 0 Å². The molecule has 33 heavy (non-hydrogen) atoms. The van der Waals surface area contributed by atoms with Crippen molar-refractivity contribution in [3.8, 4) is 17.4 Å². The second-order valence-corrected chi connectivity index (χ2v) is 8.06. The molecule has 1 saturated heterocycles. The quantitative estimate of drug-likeness (QED) is 0.463. The van der Waals surface area contributed by atoms with Gasteiger partial charge in [-0.3, -0.25) is 9.78 Å². The van der Waals surface area contributed by atoms with Crippen LogP contribution in [-0.4, -0.2) is 48.6 Å². The van der Waals surface area contributed by atoms with Crippen LogP contribution >= 0.6 is 0 Å². The zero-order chi connectivity index (χ0) is 22.6. The van der Waals surface area contributed by atoms with E-state index in [0.717, 1.165) is 29.8 Å². The minimum absolute atomic E-state index is 0.0375. The third-order valence-electron chi connectivity index (χ3n) is 5.82. The summed E-state index contributed by atoms with van der Waals surface area (Å²) < 4.78 is 7.79. The molecule has 1 aromatic carbocycles. The zero-order valence-electron chi connectivity index (χ0n) is 18.3. The molecule has 8 heteroatoms. The van der Waals surface area contributed by atoms with Crippen molar-refractivity contribution in [3.05, 3.63) is 90.3 Å². The van der Waals surface area contributed by atoms with Crippen LogP contribution in [0.25, 0.3) is 5.82 Å². The van der Waals surface area contributed by atoms with Crippen molar-refractivity contribution in [2.24, 2.45) is 0 Å². The SMILES string of the molecule is Cc1ccccc1Oc1nccnc1[C@@H]1CCCN(C(=O)c2ccc(-n3cccn3)nc2)C1. The summed E-state index contributed by atoms with van der Waals surface area (Å²) in [6.45, 7) is 3.26. The standard InChI is InChI=1S/C25H24N6O2/c1-18-6-2-3-8-21(18)33-24-23(26-12-13-27-24)20-7-4-14-30(17-20)25(32)19-9-10-22(28-16-19)31-15-5-11-29-31/h2-3,5-6,8-13,15-16,20H,4,7,14,17H2,1H3/t20-/m1/s1. The van der Waals surface area contributed by atoms with Crippen LogP contribution in [0.1, 0.15) is 40.4 Å². The third-order valence-corrected chi connectivity index (χ3v) is 5.82. The topological polar surface area (TPSA) is 86.0 Å². The molecule has 0 unspecified atom stereocenters. The highest BCUT2D eigenvalue weighted by Gasteiger charge is 2.29. The number of pyridine rings is 1. The maximum atomic E-state index is 13.2. The Balaban J connectivity index is 1.33. The third kappa shape index (κ3) is 4.45. The second-order valence-electron chi connectivity index (χ2n) is 8.06. The van der Waals surface area contributed by atoms with Gasteiger partial charge in [0.15, 0.2) is 5.82 Å². The number of amides is 1. The number of hydrogen-bond donors (Lipinski definition) is 0. The molecule has 3 aromatic heterocycles. The number of likely N-dealkylation sites (tertiary alicyclic amines) is 1. The lowest BCUT2D eigenvalue weighted by molar-refractivity contribution is 0.0704. The van der Waals surface area contributed by atoms with Gasteiger partial charge in [0, 0.05) is 50.0 Å². The minimum atomic E-state index is -0.0375. The van der Waals surface area contributed by atoms with Gasteiger partial charge in [0.25, 0.3) is 5.91 Å². The number of carbonyl (C=O) groups is 1. The summed E-state index contributed by atoms with van der Waals surface area (Å²) in [4.78, 5) is 28.5. The van der Waals surface area contributed by atoms with Crippen LogP contribution in [0.2, 0.25) is 0 Å². The molecule has 0 saturated carbocycles. The van der Waals surface area contributed by atoms with Gasteiger partial charge in [0.1, 0.15) is 11.4 Å². The first-order valence-corrected chi connectivity index (χ1v) is 11.0. The van der Waals surface area contributed by atoms with E-state index in [9.17, 15) is 4.79 Å². The fraction of sp³-hybridized carbons (Fsp3) is 0.240. The van der Waals surface area contributed by atoms with E-state index in [1.54, 1.807) is 41.6 Å².